The molecule has 1 aliphatic carbocycles. The van der Waals surface area contributed by atoms with Crippen molar-refractivity contribution in [2.45, 2.75) is 51.3 Å². The van der Waals surface area contributed by atoms with Crippen LogP contribution in [0, 0.1) is 0 Å². The smallest absolute Gasteiger partial charge is 0.134 e. The van der Waals surface area contributed by atoms with Crippen LogP contribution in [0.2, 0.25) is 0 Å². The normalized spacial score (nSPS) is 23.2. The van der Waals surface area contributed by atoms with E-state index in [4.69, 9.17) is 0 Å². The largest absolute Gasteiger partial charge is 0.506 e. The first-order valence-electron chi connectivity index (χ1n) is 7.10. The van der Waals surface area contributed by atoms with Crippen molar-refractivity contribution in [1.82, 2.24) is 4.90 Å². The van der Waals surface area contributed by atoms with Gasteiger partial charge in [-0.15, -0.1) is 0 Å². The van der Waals surface area contributed by atoms with E-state index in [1.165, 1.54) is 0 Å². The highest BCUT2D eigenvalue weighted by Crippen LogP contribution is 2.33. The van der Waals surface area contributed by atoms with E-state index in [2.05, 4.69) is 43.7 Å². The second kappa shape index (κ2) is 7.25. The molecule has 0 spiro atoms. The molecule has 2 rings (SSSR count). The van der Waals surface area contributed by atoms with Crippen molar-refractivity contribution >= 4 is 31.9 Å². The zero-order valence-corrected chi connectivity index (χ0v) is 14.8. The number of hydrogen-bond donors (Lipinski definition) is 2. The van der Waals surface area contributed by atoms with Crippen molar-refractivity contribution < 1.29 is 10.2 Å². The first-order chi connectivity index (χ1) is 9.51. The number of hydrogen-bond acceptors (Lipinski definition) is 3. The molecule has 1 aliphatic rings. The van der Waals surface area contributed by atoms with Crippen LogP contribution in [0.1, 0.15) is 38.2 Å². The molecule has 112 valence electrons. The van der Waals surface area contributed by atoms with Gasteiger partial charge >= 0.3 is 0 Å². The molecule has 0 aliphatic heterocycles. The van der Waals surface area contributed by atoms with Gasteiger partial charge < -0.3 is 10.2 Å². The number of aromatic hydroxyl groups is 1. The molecule has 2 N–H and O–H groups in total. The van der Waals surface area contributed by atoms with E-state index in [1.54, 1.807) is 0 Å². The van der Waals surface area contributed by atoms with Crippen LogP contribution in [-0.4, -0.2) is 33.8 Å². The maximum absolute atomic E-state index is 10.2. The van der Waals surface area contributed by atoms with Crippen molar-refractivity contribution in [2.24, 2.45) is 0 Å². The molecule has 0 saturated heterocycles. The van der Waals surface area contributed by atoms with Crippen LogP contribution in [0.25, 0.3) is 0 Å². The molecule has 3 nitrogen and oxygen atoms in total. The van der Waals surface area contributed by atoms with Gasteiger partial charge in [-0.3, -0.25) is 4.90 Å². The first-order valence-corrected chi connectivity index (χ1v) is 8.68. The minimum Gasteiger partial charge on any atom is -0.506 e. The monoisotopic (exact) mass is 405 g/mol. The number of benzene rings is 1. The molecule has 1 fully saturated rings. The minimum atomic E-state index is -0.127. The molecule has 0 aromatic heterocycles. The van der Waals surface area contributed by atoms with Gasteiger partial charge in [-0.1, -0.05) is 22.9 Å². The van der Waals surface area contributed by atoms with E-state index in [0.717, 1.165) is 53.3 Å². The molecule has 0 atom stereocenters. The van der Waals surface area contributed by atoms with Gasteiger partial charge in [0.2, 0.25) is 0 Å². The Morgan fingerprint density at radius 2 is 1.85 bits per heavy atom. The standard InChI is InChI=1S/C15H21Br2NO2/c1-2-18(12-3-5-13(19)6-4-12)9-10-7-11(16)8-14(17)15(10)20/h7-8,12-13,19-20H,2-6,9H2,1H3. The van der Waals surface area contributed by atoms with Gasteiger partial charge in [0.1, 0.15) is 5.75 Å². The zero-order chi connectivity index (χ0) is 14.7. The summed E-state index contributed by atoms with van der Waals surface area (Å²) in [6, 6.07) is 4.33. The molecule has 1 aromatic rings. The summed E-state index contributed by atoms with van der Waals surface area (Å²) in [4.78, 5) is 2.39. The molecule has 0 bridgehead atoms. The zero-order valence-electron chi connectivity index (χ0n) is 11.6. The fourth-order valence-electron chi connectivity index (χ4n) is 2.88. The Bertz CT molecular complexity index is 459. The molecule has 0 radical (unpaired) electrons. The average Bonchev–Trinajstić information content (AvgIpc) is 2.42. The predicted octanol–water partition coefficient (Wildman–Crippen LogP) is 4.04. The van der Waals surface area contributed by atoms with Gasteiger partial charge in [0.05, 0.1) is 10.6 Å². The average molecular weight is 407 g/mol. The summed E-state index contributed by atoms with van der Waals surface area (Å²) >= 11 is 6.85. The maximum Gasteiger partial charge on any atom is 0.134 e. The Morgan fingerprint density at radius 1 is 1.20 bits per heavy atom. The summed E-state index contributed by atoms with van der Waals surface area (Å²) in [5.74, 6) is 0.322. The second-order valence-electron chi connectivity index (χ2n) is 5.42. The van der Waals surface area contributed by atoms with Crippen LogP contribution >= 0.6 is 31.9 Å². The lowest BCUT2D eigenvalue weighted by Gasteiger charge is -2.35. The molecule has 1 saturated carbocycles. The maximum atomic E-state index is 10.2. The number of halogens is 2. The lowest BCUT2D eigenvalue weighted by atomic mass is 9.91. The van der Waals surface area contributed by atoms with Gasteiger partial charge in [-0.25, -0.2) is 0 Å². The molecule has 20 heavy (non-hydrogen) atoms. The number of rotatable bonds is 4. The highest BCUT2D eigenvalue weighted by Gasteiger charge is 2.24. The van der Waals surface area contributed by atoms with Crippen LogP contribution in [0.5, 0.6) is 5.75 Å². The molecule has 1 aromatic carbocycles. The number of aliphatic hydroxyl groups excluding tert-OH is 1. The van der Waals surface area contributed by atoms with Gasteiger partial charge in [0, 0.05) is 22.6 Å². The third kappa shape index (κ3) is 3.97. The van der Waals surface area contributed by atoms with E-state index in [9.17, 15) is 10.2 Å². The number of phenols is 1. The van der Waals surface area contributed by atoms with Crippen molar-refractivity contribution in [3.05, 3.63) is 26.6 Å². The Balaban J connectivity index is 2.10. The summed E-state index contributed by atoms with van der Waals surface area (Å²) in [6.45, 7) is 3.83. The van der Waals surface area contributed by atoms with Crippen molar-refractivity contribution in [2.75, 3.05) is 6.54 Å². The molecular weight excluding hydrogens is 386 g/mol. The molecule has 5 heteroatoms. The third-order valence-electron chi connectivity index (χ3n) is 4.07. The molecule has 0 heterocycles. The lowest BCUT2D eigenvalue weighted by Crippen LogP contribution is -2.38. The summed E-state index contributed by atoms with van der Waals surface area (Å²) in [5, 5.41) is 19.8. The summed E-state index contributed by atoms with van der Waals surface area (Å²) < 4.78 is 1.68. The predicted molar refractivity (Wildman–Crippen MR) is 87.9 cm³/mol. The molecular formula is C15H21Br2NO2. The Kier molecular flexibility index (Phi) is 5.90. The van der Waals surface area contributed by atoms with Crippen LogP contribution in [0.15, 0.2) is 21.1 Å². The van der Waals surface area contributed by atoms with E-state index in [1.807, 2.05) is 12.1 Å². The highest BCUT2D eigenvalue weighted by atomic mass is 79.9. The van der Waals surface area contributed by atoms with E-state index < -0.39 is 0 Å². The van der Waals surface area contributed by atoms with Gasteiger partial charge in [0.15, 0.2) is 0 Å². The number of nitrogens with zero attached hydrogens (tertiary/aromatic N) is 1. The van der Waals surface area contributed by atoms with E-state index in [0.29, 0.717) is 11.8 Å². The fourth-order valence-corrected chi connectivity index (χ4v) is 4.19. The topological polar surface area (TPSA) is 43.7 Å². The second-order valence-corrected chi connectivity index (χ2v) is 7.19. The summed E-state index contributed by atoms with van der Waals surface area (Å²) in [6.07, 6.45) is 3.71. The van der Waals surface area contributed by atoms with Gasteiger partial charge in [-0.2, -0.15) is 0 Å². The van der Waals surface area contributed by atoms with Crippen molar-refractivity contribution in [1.29, 1.82) is 0 Å². The number of phenolic OH excluding ortho intramolecular Hbond substituents is 1. The van der Waals surface area contributed by atoms with Crippen LogP contribution in [-0.2, 0) is 6.54 Å². The van der Waals surface area contributed by atoms with Gasteiger partial charge in [-0.05, 0) is 60.3 Å². The summed E-state index contributed by atoms with van der Waals surface area (Å²) in [7, 11) is 0. The SMILES string of the molecule is CCN(Cc1cc(Br)cc(Br)c1O)C1CCC(O)CC1. The Labute approximate surface area is 137 Å². The van der Waals surface area contributed by atoms with Crippen LogP contribution in [0.3, 0.4) is 0 Å². The van der Waals surface area contributed by atoms with E-state index >= 15 is 0 Å². The minimum absolute atomic E-state index is 0.127. The van der Waals surface area contributed by atoms with Crippen molar-refractivity contribution in [3.8, 4) is 5.75 Å². The Morgan fingerprint density at radius 3 is 2.45 bits per heavy atom. The van der Waals surface area contributed by atoms with Gasteiger partial charge in [0.25, 0.3) is 0 Å². The van der Waals surface area contributed by atoms with Crippen molar-refractivity contribution in [3.63, 3.8) is 0 Å². The summed E-state index contributed by atoms with van der Waals surface area (Å²) in [5.41, 5.74) is 0.930. The van der Waals surface area contributed by atoms with Crippen LogP contribution < -0.4 is 0 Å². The first kappa shape index (κ1) is 16.3. The molecule has 0 amide bonds. The Hall–Kier alpha value is -0.100. The fraction of sp³-hybridized carbons (Fsp3) is 0.600. The third-order valence-corrected chi connectivity index (χ3v) is 5.13. The lowest BCUT2D eigenvalue weighted by molar-refractivity contribution is 0.0724. The van der Waals surface area contributed by atoms with E-state index in [-0.39, 0.29) is 6.10 Å². The van der Waals surface area contributed by atoms with Crippen LogP contribution in [0.4, 0.5) is 0 Å². The highest BCUT2D eigenvalue weighted by molar-refractivity contribution is 9.11. The number of aliphatic hydroxyl groups is 1. The molecule has 0 unspecified atom stereocenters. The quantitative estimate of drug-likeness (QED) is 0.792.